The molecule has 1 heterocycles. The molecule has 0 bridgehead atoms. The van der Waals surface area contributed by atoms with Gasteiger partial charge in [-0.05, 0) is 26.2 Å². The minimum absolute atomic E-state index is 0.0184. The molecule has 0 amide bonds. The minimum Gasteiger partial charge on any atom is -0.456 e. The first-order valence-corrected chi connectivity index (χ1v) is 7.01. The maximum Gasteiger partial charge on any atom is 0.344 e. The predicted octanol–water partition coefficient (Wildman–Crippen LogP) is 2.38. The van der Waals surface area contributed by atoms with Crippen LogP contribution in [0.3, 0.4) is 0 Å². The van der Waals surface area contributed by atoms with Gasteiger partial charge < -0.3 is 14.4 Å². The lowest BCUT2D eigenvalue weighted by Gasteiger charge is -2.31. The fourth-order valence-electron chi connectivity index (χ4n) is 1.99. The van der Waals surface area contributed by atoms with E-state index in [1.54, 1.807) is 31.5 Å². The molecule has 1 N–H and O–H groups in total. The first kappa shape index (κ1) is 17.4. The zero-order chi connectivity index (χ0) is 16.4. The number of rotatable bonds is 3. The Bertz CT molecular complexity index is 561. The summed E-state index contributed by atoms with van der Waals surface area (Å²) in [6.07, 6.45) is 3.05. The van der Waals surface area contributed by atoms with Crippen molar-refractivity contribution < 1.29 is 14.6 Å². The average molecular weight is 295 g/mol. The van der Waals surface area contributed by atoms with E-state index in [0.717, 1.165) is 0 Å². The van der Waals surface area contributed by atoms with Gasteiger partial charge in [0.15, 0.2) is 5.43 Å². The highest BCUT2D eigenvalue weighted by Gasteiger charge is 2.27. The summed E-state index contributed by atoms with van der Waals surface area (Å²) in [5, 5.41) is 9.59. The molecule has 0 aromatic carbocycles. The van der Waals surface area contributed by atoms with Gasteiger partial charge in [-0.15, -0.1) is 0 Å². The third-order valence-corrected chi connectivity index (χ3v) is 3.09. The molecule has 0 spiro atoms. The van der Waals surface area contributed by atoms with Crippen LogP contribution >= 0.6 is 0 Å². The molecule has 5 heteroatoms. The number of esters is 1. The zero-order valence-corrected chi connectivity index (χ0v) is 13.6. The van der Waals surface area contributed by atoms with Crippen LogP contribution in [0, 0.1) is 5.41 Å². The molecule has 1 rings (SSSR count). The van der Waals surface area contributed by atoms with Crippen molar-refractivity contribution >= 4 is 5.97 Å². The molecule has 1 aromatic heterocycles. The van der Waals surface area contributed by atoms with Gasteiger partial charge in [0.1, 0.15) is 11.2 Å². The molecule has 5 nitrogen and oxygen atoms in total. The number of carbonyl (C=O) groups is 1. The van der Waals surface area contributed by atoms with E-state index in [9.17, 15) is 14.7 Å². The summed E-state index contributed by atoms with van der Waals surface area (Å²) in [7, 11) is 0. The summed E-state index contributed by atoms with van der Waals surface area (Å²) in [6.45, 7) is 11.1. The fourth-order valence-corrected chi connectivity index (χ4v) is 1.99. The topological polar surface area (TPSA) is 68.5 Å². The normalized spacial score (nSPS) is 13.9. The number of ether oxygens (including phenoxy) is 1. The van der Waals surface area contributed by atoms with Crippen molar-refractivity contribution in [1.82, 2.24) is 4.57 Å². The van der Waals surface area contributed by atoms with E-state index >= 15 is 0 Å². The zero-order valence-electron chi connectivity index (χ0n) is 13.6. The van der Waals surface area contributed by atoms with Gasteiger partial charge in [0.25, 0.3) is 0 Å². The number of hydrogen-bond acceptors (Lipinski definition) is 4. The average Bonchev–Trinajstić information content (AvgIpc) is 2.27. The summed E-state index contributed by atoms with van der Waals surface area (Å²) < 4.78 is 6.94. The van der Waals surface area contributed by atoms with Gasteiger partial charge in [-0.1, -0.05) is 20.8 Å². The molecule has 0 saturated heterocycles. The standard InChI is InChI=1S/C16H25NO4/c1-15(2,3)13(10-18)17-8-7-12(19)11(9-17)14(20)21-16(4,5)6/h7-9,13,18H,10H2,1-6H3. The van der Waals surface area contributed by atoms with Gasteiger partial charge in [-0.2, -0.15) is 0 Å². The number of aliphatic hydroxyl groups excluding tert-OH is 1. The first-order valence-electron chi connectivity index (χ1n) is 7.01. The van der Waals surface area contributed by atoms with Gasteiger partial charge in [0.2, 0.25) is 0 Å². The molecule has 1 unspecified atom stereocenters. The number of pyridine rings is 1. The second-order valence-corrected chi connectivity index (χ2v) is 7.24. The van der Waals surface area contributed by atoms with Crippen LogP contribution in [-0.4, -0.2) is 27.9 Å². The van der Waals surface area contributed by atoms with Gasteiger partial charge in [0.05, 0.1) is 12.6 Å². The maximum atomic E-state index is 12.1. The van der Waals surface area contributed by atoms with Crippen LogP contribution in [0.2, 0.25) is 0 Å². The summed E-state index contributed by atoms with van der Waals surface area (Å²) in [4.78, 5) is 24.0. The number of aliphatic hydroxyl groups is 1. The highest BCUT2D eigenvalue weighted by atomic mass is 16.6. The maximum absolute atomic E-state index is 12.1. The largest absolute Gasteiger partial charge is 0.456 e. The van der Waals surface area contributed by atoms with Crippen molar-refractivity contribution in [3.63, 3.8) is 0 Å². The van der Waals surface area contributed by atoms with Crippen LogP contribution in [0.25, 0.3) is 0 Å². The molecule has 0 radical (unpaired) electrons. The third kappa shape index (κ3) is 4.70. The van der Waals surface area contributed by atoms with Crippen molar-refractivity contribution in [1.29, 1.82) is 0 Å². The third-order valence-electron chi connectivity index (χ3n) is 3.09. The van der Waals surface area contributed by atoms with Crippen molar-refractivity contribution in [2.75, 3.05) is 6.61 Å². The Labute approximate surface area is 125 Å². The Morgan fingerprint density at radius 2 is 1.86 bits per heavy atom. The first-order chi connectivity index (χ1) is 9.45. The van der Waals surface area contributed by atoms with Gasteiger partial charge in [-0.25, -0.2) is 4.79 Å². The van der Waals surface area contributed by atoms with E-state index in [-0.39, 0.29) is 29.1 Å². The van der Waals surface area contributed by atoms with Crippen molar-refractivity contribution in [2.45, 2.75) is 53.2 Å². The number of aromatic nitrogens is 1. The SMILES string of the molecule is CC(C)(C)OC(=O)c1cn(C(CO)C(C)(C)C)ccc1=O. The van der Waals surface area contributed by atoms with Gasteiger partial charge in [0, 0.05) is 18.5 Å². The molecule has 1 atom stereocenters. The molecule has 0 saturated carbocycles. The molecule has 118 valence electrons. The highest BCUT2D eigenvalue weighted by Crippen LogP contribution is 2.29. The van der Waals surface area contributed by atoms with Crippen molar-refractivity contribution in [3.8, 4) is 0 Å². The highest BCUT2D eigenvalue weighted by molar-refractivity contribution is 5.89. The van der Waals surface area contributed by atoms with Crippen LogP contribution < -0.4 is 5.43 Å². The smallest absolute Gasteiger partial charge is 0.344 e. The van der Waals surface area contributed by atoms with Crippen molar-refractivity contribution in [2.24, 2.45) is 5.41 Å². The number of nitrogens with zero attached hydrogens (tertiary/aromatic N) is 1. The van der Waals surface area contributed by atoms with E-state index in [1.165, 1.54) is 12.3 Å². The molecule has 0 fully saturated rings. The van der Waals surface area contributed by atoms with Gasteiger partial charge in [-0.3, -0.25) is 4.79 Å². The molecule has 0 aliphatic carbocycles. The summed E-state index contributed by atoms with van der Waals surface area (Å²) in [5.74, 6) is -0.646. The number of hydrogen-bond donors (Lipinski definition) is 1. The Morgan fingerprint density at radius 1 is 1.29 bits per heavy atom. The van der Waals surface area contributed by atoms with Crippen LogP contribution in [-0.2, 0) is 4.74 Å². The van der Waals surface area contributed by atoms with Crippen LogP contribution in [0.4, 0.5) is 0 Å². The Balaban J connectivity index is 3.22. The Kier molecular flexibility index (Phi) is 4.99. The second kappa shape index (κ2) is 6.02. The van der Waals surface area contributed by atoms with E-state index in [1.807, 2.05) is 20.8 Å². The monoisotopic (exact) mass is 295 g/mol. The van der Waals surface area contributed by atoms with E-state index < -0.39 is 11.6 Å². The van der Waals surface area contributed by atoms with E-state index in [0.29, 0.717) is 0 Å². The van der Waals surface area contributed by atoms with E-state index in [2.05, 4.69) is 0 Å². The molecule has 21 heavy (non-hydrogen) atoms. The number of carbonyl (C=O) groups excluding carboxylic acids is 1. The lowest BCUT2D eigenvalue weighted by Crippen LogP contribution is -2.31. The molecular weight excluding hydrogens is 270 g/mol. The molecule has 0 aliphatic rings. The van der Waals surface area contributed by atoms with Crippen LogP contribution in [0.5, 0.6) is 0 Å². The minimum atomic E-state index is -0.662. The van der Waals surface area contributed by atoms with Crippen LogP contribution in [0.1, 0.15) is 57.9 Å². The summed E-state index contributed by atoms with van der Waals surface area (Å²) in [5.41, 5.74) is -1.28. The molecular formula is C16H25NO4. The predicted molar refractivity (Wildman–Crippen MR) is 81.4 cm³/mol. The Morgan fingerprint density at radius 3 is 2.29 bits per heavy atom. The summed E-state index contributed by atoms with van der Waals surface area (Å²) in [6, 6.07) is 1.09. The molecule has 0 aliphatic heterocycles. The Hall–Kier alpha value is -1.62. The lowest BCUT2D eigenvalue weighted by atomic mass is 9.87. The van der Waals surface area contributed by atoms with Crippen LogP contribution in [0.15, 0.2) is 23.3 Å². The second-order valence-electron chi connectivity index (χ2n) is 7.24. The summed E-state index contributed by atoms with van der Waals surface area (Å²) >= 11 is 0. The molecule has 1 aromatic rings. The quantitative estimate of drug-likeness (QED) is 0.869. The fraction of sp³-hybridized carbons (Fsp3) is 0.625. The van der Waals surface area contributed by atoms with Crippen molar-refractivity contribution in [3.05, 3.63) is 34.2 Å². The lowest BCUT2D eigenvalue weighted by molar-refractivity contribution is 0.00659. The van der Waals surface area contributed by atoms with E-state index in [4.69, 9.17) is 4.74 Å². The van der Waals surface area contributed by atoms with Gasteiger partial charge >= 0.3 is 5.97 Å².